The van der Waals surface area contributed by atoms with E-state index in [0.29, 0.717) is 11.4 Å². The van der Waals surface area contributed by atoms with E-state index in [1.54, 1.807) is 62.6 Å². The molecule has 2 heterocycles. The quantitative estimate of drug-likeness (QED) is 0.0779. The van der Waals surface area contributed by atoms with Crippen LogP contribution in [0.2, 0.25) is 0 Å². The van der Waals surface area contributed by atoms with Crippen LogP contribution in [0, 0.1) is 0 Å². The minimum atomic E-state index is -1.08. The van der Waals surface area contributed by atoms with Gasteiger partial charge in [-0.3, -0.25) is 9.97 Å². The van der Waals surface area contributed by atoms with Crippen LogP contribution in [0.15, 0.2) is 59.1 Å². The Bertz CT molecular complexity index is 721. The van der Waals surface area contributed by atoms with Crippen molar-refractivity contribution in [3.05, 3.63) is 60.2 Å². The average Bonchev–Trinajstić information content (AvgIpc) is 2.80. The van der Waals surface area contributed by atoms with Gasteiger partial charge in [0.2, 0.25) is 0 Å². The Morgan fingerprint density at radius 2 is 1.03 bits per heavy atom. The molecule has 2 aromatic rings. The predicted octanol–water partition coefficient (Wildman–Crippen LogP) is -2.14. The zero-order valence-corrected chi connectivity index (χ0v) is 20.7. The van der Waals surface area contributed by atoms with Crippen molar-refractivity contribution >= 4 is 23.6 Å². The van der Waals surface area contributed by atoms with E-state index in [9.17, 15) is 0 Å². The number of aliphatic carboxylic acids is 2. The maximum atomic E-state index is 8.89. The number of nitrogens with two attached hydrogens (primary N) is 2. The molecule has 0 bridgehead atoms. The van der Waals surface area contributed by atoms with Gasteiger partial charge in [0.05, 0.1) is 0 Å². The summed E-state index contributed by atoms with van der Waals surface area (Å²) in [6, 6.07) is 10.4. The molecule has 14 nitrogen and oxygen atoms in total. The molecule has 0 fully saturated rings. The number of pyridine rings is 2. The topological polar surface area (TPSA) is 264 Å². The van der Waals surface area contributed by atoms with Gasteiger partial charge in [0.25, 0.3) is 0 Å². The molecule has 0 spiro atoms. The fraction of sp³-hybridized carbons (Fsp3) is 0.300. The number of hydrogen-bond acceptors (Lipinski definition) is 12. The fourth-order valence-electron chi connectivity index (χ4n) is 1.13. The maximum Gasteiger partial charge on any atom is 2.00 e. The minimum Gasteiger partial charge on any atom is -0.550 e. The van der Waals surface area contributed by atoms with Gasteiger partial charge in [-0.1, -0.05) is 22.4 Å². The van der Waals surface area contributed by atoms with Crippen LogP contribution >= 0.6 is 0 Å². The molecule has 0 radical (unpaired) electrons. The van der Waals surface area contributed by atoms with Gasteiger partial charge in [-0.2, -0.15) is 0 Å². The first-order valence-corrected chi connectivity index (χ1v) is 9.33. The second kappa shape index (κ2) is 32.4. The van der Waals surface area contributed by atoms with Crippen molar-refractivity contribution in [2.24, 2.45) is 21.8 Å². The number of carboxylic acid groups (broad SMARTS) is 2. The smallest absolute Gasteiger partial charge is 0.550 e. The van der Waals surface area contributed by atoms with Crippen LogP contribution in [0.3, 0.4) is 0 Å². The van der Waals surface area contributed by atoms with E-state index < -0.39 is 11.9 Å². The number of oxime groups is 2. The normalized spacial score (nSPS) is 8.97. The van der Waals surface area contributed by atoms with Crippen LogP contribution in [-0.2, 0) is 26.1 Å². The van der Waals surface area contributed by atoms with Crippen molar-refractivity contribution in [1.82, 2.24) is 9.97 Å². The third kappa shape index (κ3) is 41.0. The van der Waals surface area contributed by atoms with Gasteiger partial charge in [-0.05, 0) is 52.0 Å². The molecule has 2 aromatic heterocycles. The SMILES string of the molecule is CC(=O)[O-].CC(=O)[O-].CCO.CCO.N/C(=N\O)c1ccccn1.N/C(=N\O)c1ccccn1.[Ni+2]. The molecule has 2 rings (SSSR count). The van der Waals surface area contributed by atoms with Crippen molar-refractivity contribution in [2.45, 2.75) is 27.7 Å². The average molecular weight is 543 g/mol. The standard InChI is InChI=1S/2C6H7N3O.2C2H4O2.2C2H6O.Ni/c2*7-6(9-10)5-3-1-2-4-8-5;2*1-2(3)4;2*1-2-3;/h2*1-4,10H,(H2,7,9);2*1H3,(H,3,4);2*3H,2H2,1H3;/q;;;;;;+2/p-2. The van der Waals surface area contributed by atoms with E-state index in [4.69, 9.17) is 51.9 Å². The van der Waals surface area contributed by atoms with E-state index in [1.807, 2.05) is 0 Å². The zero-order valence-electron chi connectivity index (χ0n) is 19.7. The van der Waals surface area contributed by atoms with Crippen molar-refractivity contribution < 1.29 is 56.9 Å². The number of hydrogen-bond donors (Lipinski definition) is 6. The number of aliphatic hydroxyl groups excluding tert-OH is 2. The summed E-state index contributed by atoms with van der Waals surface area (Å²) in [6.45, 7) is 5.81. The molecule has 8 N–H and O–H groups in total. The Morgan fingerprint density at radius 3 is 1.17 bits per heavy atom. The minimum absolute atomic E-state index is 0. The first kappa shape index (κ1) is 41.4. The number of aromatic nitrogens is 2. The van der Waals surface area contributed by atoms with Crippen LogP contribution in [0.25, 0.3) is 0 Å². The molecule has 0 aliphatic rings. The molecule has 35 heavy (non-hydrogen) atoms. The Morgan fingerprint density at radius 1 is 0.800 bits per heavy atom. The van der Waals surface area contributed by atoms with E-state index in [1.165, 1.54) is 0 Å². The number of carbonyl (C=O) groups excluding carboxylic acids is 2. The van der Waals surface area contributed by atoms with Crippen LogP contribution in [-0.4, -0.2) is 67.4 Å². The number of rotatable bonds is 2. The molecule has 0 atom stereocenters. The van der Waals surface area contributed by atoms with E-state index >= 15 is 0 Å². The van der Waals surface area contributed by atoms with Gasteiger partial charge in [-0.25, -0.2) is 0 Å². The summed E-state index contributed by atoms with van der Waals surface area (Å²) in [6.07, 6.45) is 3.15. The van der Waals surface area contributed by atoms with Crippen molar-refractivity contribution in [2.75, 3.05) is 13.2 Å². The van der Waals surface area contributed by atoms with Crippen LogP contribution in [0.5, 0.6) is 0 Å². The molecule has 0 amide bonds. The molecule has 0 unspecified atom stereocenters. The van der Waals surface area contributed by atoms with Gasteiger partial charge in [0.1, 0.15) is 11.4 Å². The number of amidine groups is 2. The first-order valence-electron chi connectivity index (χ1n) is 9.33. The third-order valence-corrected chi connectivity index (χ3v) is 2.07. The molecule has 0 aromatic carbocycles. The summed E-state index contributed by atoms with van der Waals surface area (Å²) in [4.78, 5) is 25.4. The second-order valence-electron chi connectivity index (χ2n) is 5.02. The molecule has 15 heteroatoms. The van der Waals surface area contributed by atoms with Gasteiger partial charge in [0, 0.05) is 37.5 Å². The number of carboxylic acids is 2. The van der Waals surface area contributed by atoms with E-state index in [2.05, 4.69) is 20.3 Å². The van der Waals surface area contributed by atoms with E-state index in [0.717, 1.165) is 13.8 Å². The third-order valence-electron chi connectivity index (χ3n) is 2.07. The molecule has 0 aliphatic heterocycles. The predicted molar refractivity (Wildman–Crippen MR) is 120 cm³/mol. The van der Waals surface area contributed by atoms with Gasteiger partial charge in [-0.15, -0.1) is 0 Å². The molecule has 0 aliphatic carbocycles. The van der Waals surface area contributed by atoms with Crippen LogP contribution in [0.4, 0.5) is 0 Å². The van der Waals surface area contributed by atoms with Crippen molar-refractivity contribution in [3.63, 3.8) is 0 Å². The summed E-state index contributed by atoms with van der Waals surface area (Å²) >= 11 is 0. The largest absolute Gasteiger partial charge is 2.00 e. The van der Waals surface area contributed by atoms with Gasteiger partial charge >= 0.3 is 16.5 Å². The summed E-state index contributed by atoms with van der Waals surface area (Å²) in [5, 5.41) is 54.9. The second-order valence-corrected chi connectivity index (χ2v) is 5.02. The summed E-state index contributed by atoms with van der Waals surface area (Å²) in [5.74, 6) is -2.11. The van der Waals surface area contributed by atoms with Crippen LogP contribution in [0.1, 0.15) is 39.1 Å². The van der Waals surface area contributed by atoms with Gasteiger partial charge < -0.3 is 51.9 Å². The molecular weight excluding hydrogens is 511 g/mol. The Labute approximate surface area is 213 Å². The molecule has 200 valence electrons. The van der Waals surface area contributed by atoms with Gasteiger partial charge in [0.15, 0.2) is 11.7 Å². The van der Waals surface area contributed by atoms with Crippen molar-refractivity contribution in [1.29, 1.82) is 0 Å². The molecular formula is C20H32N6NiO8. The Hall–Kier alpha value is -3.81. The molecule has 0 saturated heterocycles. The zero-order chi connectivity index (χ0) is 27.4. The summed E-state index contributed by atoms with van der Waals surface area (Å²) in [7, 11) is 0. The Balaban J connectivity index is -0.000000112. The maximum absolute atomic E-state index is 8.89. The van der Waals surface area contributed by atoms with Crippen LogP contribution < -0.4 is 21.7 Å². The molecule has 0 saturated carbocycles. The van der Waals surface area contributed by atoms with Crippen molar-refractivity contribution in [3.8, 4) is 0 Å². The van der Waals surface area contributed by atoms with E-state index in [-0.39, 0.29) is 41.4 Å². The monoisotopic (exact) mass is 542 g/mol. The fourth-order valence-corrected chi connectivity index (χ4v) is 1.13. The number of carbonyl (C=O) groups is 2. The number of aliphatic hydroxyl groups is 2. The summed E-state index contributed by atoms with van der Waals surface area (Å²) in [5.41, 5.74) is 11.4. The first-order chi connectivity index (χ1) is 16.0. The number of nitrogens with zero attached hydrogens (tertiary/aromatic N) is 4. The summed E-state index contributed by atoms with van der Waals surface area (Å²) < 4.78 is 0. The Kier molecular flexibility index (Phi) is 38.3.